The molecule has 0 saturated heterocycles. The molecule has 0 rings (SSSR count). The third-order valence-corrected chi connectivity index (χ3v) is 2.07. The van der Waals surface area contributed by atoms with Crippen molar-refractivity contribution in [3.8, 4) is 0 Å². The summed E-state index contributed by atoms with van der Waals surface area (Å²) in [5.41, 5.74) is 0. The Morgan fingerprint density at radius 3 is 2.64 bits per heavy atom. The molecule has 0 aromatic rings. The molecule has 0 aromatic carbocycles. The van der Waals surface area contributed by atoms with E-state index in [0.717, 1.165) is 13.0 Å². The number of hydrogen-bond acceptors (Lipinski definition) is 3. The minimum Gasteiger partial charge on any atom is -0.469 e. The maximum absolute atomic E-state index is 10.6. The smallest absolute Gasteiger partial charge is 0.305 e. The average Bonchev–Trinajstić information content (AvgIpc) is 1.97. The minimum absolute atomic E-state index is 0.0377. The Labute approximate surface area is 71.0 Å². The van der Waals surface area contributed by atoms with Gasteiger partial charge in [-0.3, -0.25) is 9.52 Å². The first-order valence-electron chi connectivity index (χ1n) is 3.64. The zero-order chi connectivity index (χ0) is 8.69. The molecule has 3 nitrogen and oxygen atoms in total. The second-order valence-electron chi connectivity index (χ2n) is 2.48. The highest BCUT2D eigenvalue weighted by Gasteiger charge is 1.98. The fraction of sp³-hybridized carbons (Fsp3) is 0.857. The lowest BCUT2D eigenvalue weighted by atomic mass is 10.3. The van der Waals surface area contributed by atoms with Crippen LogP contribution in [-0.4, -0.2) is 32.1 Å². The van der Waals surface area contributed by atoms with E-state index >= 15 is 0 Å². The first-order chi connectivity index (χ1) is 5.16. The van der Waals surface area contributed by atoms with Gasteiger partial charge in [0.25, 0.3) is 0 Å². The monoisotopic (exact) mass is 179 g/mol. The molecular formula is C7H17NO2S. The number of carbonyl (C=O) groups is 1. The molecule has 0 heterocycles. The van der Waals surface area contributed by atoms with Crippen LogP contribution in [0.4, 0.5) is 0 Å². The van der Waals surface area contributed by atoms with Crippen molar-refractivity contribution < 1.29 is 9.53 Å². The van der Waals surface area contributed by atoms with Crippen LogP contribution in [0.1, 0.15) is 12.8 Å². The normalized spacial score (nSPS) is 11.0. The van der Waals surface area contributed by atoms with Gasteiger partial charge >= 0.3 is 5.97 Å². The molecule has 0 aliphatic carbocycles. The fourth-order valence-electron chi connectivity index (χ4n) is 0.637. The van der Waals surface area contributed by atoms with Crippen molar-refractivity contribution in [3.63, 3.8) is 0 Å². The number of thiol groups is 1. The topological polar surface area (TPSA) is 38.3 Å². The number of methoxy groups -OCH3 is 1. The second-order valence-corrected chi connectivity index (χ2v) is 4.59. The standard InChI is InChI=1S/C7H17NO2S/c1-10-7(9)5-4-6-8-11(2)3/h8,11H,4-6H2,1-3H3. The van der Waals surface area contributed by atoms with E-state index in [-0.39, 0.29) is 17.1 Å². The lowest BCUT2D eigenvalue weighted by molar-refractivity contribution is -0.140. The lowest BCUT2D eigenvalue weighted by Crippen LogP contribution is -2.12. The van der Waals surface area contributed by atoms with Gasteiger partial charge in [-0.2, -0.15) is 0 Å². The number of hydrogen-bond donors (Lipinski definition) is 2. The van der Waals surface area contributed by atoms with Crippen LogP contribution in [-0.2, 0) is 9.53 Å². The predicted octanol–water partition coefficient (Wildman–Crippen LogP) is 0.705. The molecule has 0 fully saturated rings. The highest BCUT2D eigenvalue weighted by molar-refractivity contribution is 8.14. The van der Waals surface area contributed by atoms with E-state index in [4.69, 9.17) is 0 Å². The van der Waals surface area contributed by atoms with Crippen molar-refractivity contribution in [2.24, 2.45) is 0 Å². The van der Waals surface area contributed by atoms with E-state index in [9.17, 15) is 4.79 Å². The van der Waals surface area contributed by atoms with Crippen LogP contribution in [0, 0.1) is 0 Å². The largest absolute Gasteiger partial charge is 0.469 e. The van der Waals surface area contributed by atoms with Gasteiger partial charge < -0.3 is 4.74 Å². The first kappa shape index (κ1) is 10.8. The first-order valence-corrected chi connectivity index (χ1v) is 5.88. The summed E-state index contributed by atoms with van der Waals surface area (Å²) < 4.78 is 7.78. The predicted molar refractivity (Wildman–Crippen MR) is 50.1 cm³/mol. The SMILES string of the molecule is COC(=O)CCCN[SH](C)C. The van der Waals surface area contributed by atoms with E-state index in [1.807, 2.05) is 0 Å². The highest BCUT2D eigenvalue weighted by Crippen LogP contribution is 2.05. The molecular weight excluding hydrogens is 162 g/mol. The molecule has 0 aliphatic heterocycles. The maximum Gasteiger partial charge on any atom is 0.305 e. The molecule has 0 atom stereocenters. The molecule has 0 amide bonds. The zero-order valence-corrected chi connectivity index (χ0v) is 8.28. The van der Waals surface area contributed by atoms with Crippen molar-refractivity contribution >= 4 is 17.1 Å². The minimum atomic E-state index is -0.122. The second kappa shape index (κ2) is 6.49. The lowest BCUT2D eigenvalue weighted by Gasteiger charge is -2.10. The number of rotatable bonds is 5. The number of esters is 1. The molecule has 0 radical (unpaired) electrons. The van der Waals surface area contributed by atoms with Gasteiger partial charge in [0.2, 0.25) is 0 Å². The van der Waals surface area contributed by atoms with Crippen molar-refractivity contribution in [1.82, 2.24) is 4.72 Å². The molecule has 1 N–H and O–H groups in total. The van der Waals surface area contributed by atoms with Crippen LogP contribution in [0.25, 0.3) is 0 Å². The van der Waals surface area contributed by atoms with Crippen molar-refractivity contribution in [2.75, 3.05) is 26.2 Å². The zero-order valence-electron chi connectivity index (χ0n) is 7.39. The Kier molecular flexibility index (Phi) is 6.36. The van der Waals surface area contributed by atoms with E-state index < -0.39 is 0 Å². The molecule has 11 heavy (non-hydrogen) atoms. The summed E-state index contributed by atoms with van der Waals surface area (Å²) >= 11 is -0.0377. The molecule has 0 saturated carbocycles. The van der Waals surface area contributed by atoms with Gasteiger partial charge in [-0.25, -0.2) is 11.1 Å². The third kappa shape index (κ3) is 7.68. The molecule has 0 aromatic heterocycles. The van der Waals surface area contributed by atoms with Crippen LogP contribution >= 0.6 is 11.1 Å². The highest BCUT2D eigenvalue weighted by atomic mass is 32.2. The average molecular weight is 179 g/mol. The van der Waals surface area contributed by atoms with Gasteiger partial charge in [0.15, 0.2) is 0 Å². The van der Waals surface area contributed by atoms with Crippen molar-refractivity contribution in [2.45, 2.75) is 12.8 Å². The summed E-state index contributed by atoms with van der Waals surface area (Å²) in [6.45, 7) is 0.911. The Morgan fingerprint density at radius 1 is 1.55 bits per heavy atom. The summed E-state index contributed by atoms with van der Waals surface area (Å²) in [4.78, 5) is 10.6. The summed E-state index contributed by atoms with van der Waals surface area (Å²) in [5.74, 6) is -0.122. The van der Waals surface area contributed by atoms with Crippen LogP contribution in [0.5, 0.6) is 0 Å². The van der Waals surface area contributed by atoms with Crippen LogP contribution in [0.2, 0.25) is 0 Å². The summed E-state index contributed by atoms with van der Waals surface area (Å²) in [5, 5.41) is 0. The van der Waals surface area contributed by atoms with Crippen molar-refractivity contribution in [1.29, 1.82) is 0 Å². The Hall–Kier alpha value is -0.220. The van der Waals surface area contributed by atoms with Gasteiger partial charge in [0.1, 0.15) is 0 Å². The third-order valence-electron chi connectivity index (χ3n) is 1.21. The number of nitrogens with one attached hydrogen (secondary N) is 1. The van der Waals surface area contributed by atoms with Crippen LogP contribution in [0.15, 0.2) is 0 Å². The van der Waals surface area contributed by atoms with Gasteiger partial charge in [0.05, 0.1) is 7.11 Å². The summed E-state index contributed by atoms with van der Waals surface area (Å²) in [6.07, 6.45) is 5.68. The Balaban J connectivity index is 3.08. The fourth-order valence-corrected chi connectivity index (χ4v) is 1.24. The van der Waals surface area contributed by atoms with Crippen LogP contribution in [0.3, 0.4) is 0 Å². The Morgan fingerprint density at radius 2 is 2.18 bits per heavy atom. The van der Waals surface area contributed by atoms with Crippen molar-refractivity contribution in [3.05, 3.63) is 0 Å². The van der Waals surface area contributed by atoms with E-state index in [0.29, 0.717) is 6.42 Å². The maximum atomic E-state index is 10.6. The summed E-state index contributed by atoms with van der Waals surface area (Å²) in [7, 11) is 1.42. The number of carbonyl (C=O) groups excluding carboxylic acids is 1. The number of ether oxygens (including phenoxy) is 1. The van der Waals surface area contributed by atoms with Gasteiger partial charge in [0, 0.05) is 13.0 Å². The molecule has 0 spiro atoms. The van der Waals surface area contributed by atoms with Gasteiger partial charge in [-0.05, 0) is 18.9 Å². The van der Waals surface area contributed by atoms with E-state index in [1.165, 1.54) is 7.11 Å². The molecule has 0 aliphatic rings. The van der Waals surface area contributed by atoms with Crippen LogP contribution < -0.4 is 4.72 Å². The summed E-state index contributed by atoms with van der Waals surface area (Å²) in [6, 6.07) is 0. The van der Waals surface area contributed by atoms with E-state index in [2.05, 4.69) is 22.0 Å². The quantitative estimate of drug-likeness (QED) is 0.371. The van der Waals surface area contributed by atoms with Gasteiger partial charge in [-0.15, -0.1) is 0 Å². The van der Waals surface area contributed by atoms with Gasteiger partial charge in [-0.1, -0.05) is 0 Å². The van der Waals surface area contributed by atoms with E-state index in [1.54, 1.807) is 0 Å². The molecule has 68 valence electrons. The Bertz CT molecular complexity index is 117. The molecule has 0 bridgehead atoms. The molecule has 0 unspecified atom stereocenters. The molecule has 4 heteroatoms.